The third kappa shape index (κ3) is 12.5. The molecule has 110 valence electrons. The molecule has 0 aromatic carbocycles. The summed E-state index contributed by atoms with van der Waals surface area (Å²) in [7, 11) is 0. The van der Waals surface area contributed by atoms with E-state index in [1.807, 2.05) is 0 Å². The van der Waals surface area contributed by atoms with Gasteiger partial charge in [-0.2, -0.15) is 0 Å². The second-order valence-electron chi connectivity index (χ2n) is 7.82. The van der Waals surface area contributed by atoms with E-state index < -0.39 is 0 Å². The molecule has 0 atom stereocenters. The summed E-state index contributed by atoms with van der Waals surface area (Å²) < 4.78 is 0. The maximum atomic E-state index is 2.44. The summed E-state index contributed by atoms with van der Waals surface area (Å²) in [5.41, 5.74) is 0.561. The van der Waals surface area contributed by atoms with Gasteiger partial charge in [-0.15, -0.1) is 0 Å². The van der Waals surface area contributed by atoms with Gasteiger partial charge in [0.1, 0.15) is 0 Å². The van der Waals surface area contributed by atoms with Gasteiger partial charge in [0, 0.05) is 0 Å². The molecule has 0 heteroatoms. The van der Waals surface area contributed by atoms with Crippen molar-refractivity contribution in [2.45, 2.75) is 99.3 Å². The Balaban J connectivity index is 3.34. The van der Waals surface area contributed by atoms with Gasteiger partial charge < -0.3 is 0 Å². The van der Waals surface area contributed by atoms with Crippen molar-refractivity contribution in [1.82, 2.24) is 0 Å². The molecule has 0 radical (unpaired) electrons. The monoisotopic (exact) mass is 254 g/mol. The average molecular weight is 255 g/mol. The average Bonchev–Trinajstić information content (AvgIpc) is 2.19. The van der Waals surface area contributed by atoms with Crippen molar-refractivity contribution in [3.63, 3.8) is 0 Å². The van der Waals surface area contributed by atoms with E-state index in [1.54, 1.807) is 0 Å². The largest absolute Gasteiger partial charge is 0.0628 e. The molecule has 0 bridgehead atoms. The van der Waals surface area contributed by atoms with Crippen LogP contribution in [0.15, 0.2) is 0 Å². The smallest absolute Gasteiger partial charge is 0.0352 e. The lowest BCUT2D eigenvalue weighted by Gasteiger charge is -2.26. The number of hydrogen-bond donors (Lipinski definition) is 0. The van der Waals surface area contributed by atoms with Crippen LogP contribution < -0.4 is 0 Å². The zero-order chi connectivity index (χ0) is 14.0. The molecule has 0 spiro atoms. The highest BCUT2D eigenvalue weighted by Crippen LogP contribution is 2.31. The van der Waals surface area contributed by atoms with Gasteiger partial charge in [-0.25, -0.2) is 0 Å². The van der Waals surface area contributed by atoms with E-state index in [2.05, 4.69) is 41.5 Å². The molecule has 0 N–H and O–H groups in total. The van der Waals surface area contributed by atoms with Crippen LogP contribution in [0.4, 0.5) is 0 Å². The van der Waals surface area contributed by atoms with Gasteiger partial charge in [-0.1, -0.05) is 86.5 Å². The van der Waals surface area contributed by atoms with E-state index in [4.69, 9.17) is 0 Å². The van der Waals surface area contributed by atoms with Gasteiger partial charge in [0.15, 0.2) is 0 Å². The minimum absolute atomic E-state index is 0.561. The van der Waals surface area contributed by atoms with Gasteiger partial charge in [-0.3, -0.25) is 0 Å². The number of rotatable bonds is 11. The minimum atomic E-state index is 0.561. The summed E-state index contributed by atoms with van der Waals surface area (Å²) in [6.07, 6.45) is 12.9. The Bertz CT molecular complexity index is 176. The van der Waals surface area contributed by atoms with Crippen LogP contribution in [0.2, 0.25) is 0 Å². The van der Waals surface area contributed by atoms with Crippen molar-refractivity contribution >= 4 is 0 Å². The topological polar surface area (TPSA) is 0 Å². The summed E-state index contributed by atoms with van der Waals surface area (Å²) >= 11 is 0. The van der Waals surface area contributed by atoms with Gasteiger partial charge >= 0.3 is 0 Å². The molecule has 0 nitrogen and oxygen atoms in total. The van der Waals surface area contributed by atoms with E-state index in [9.17, 15) is 0 Å². The SMILES string of the molecule is CC(C)CCCCCCCCC(C)(C)CC(C)C. The van der Waals surface area contributed by atoms with Crippen molar-refractivity contribution < 1.29 is 0 Å². The van der Waals surface area contributed by atoms with Crippen LogP contribution in [0.25, 0.3) is 0 Å². The van der Waals surface area contributed by atoms with Crippen molar-refractivity contribution in [3.8, 4) is 0 Å². The maximum absolute atomic E-state index is 2.44. The van der Waals surface area contributed by atoms with Crippen LogP contribution in [0, 0.1) is 17.3 Å². The third-order valence-corrected chi connectivity index (χ3v) is 3.85. The first-order valence-corrected chi connectivity index (χ1v) is 8.33. The van der Waals surface area contributed by atoms with Crippen LogP contribution >= 0.6 is 0 Å². The molecule has 0 saturated heterocycles. The van der Waals surface area contributed by atoms with Gasteiger partial charge in [-0.05, 0) is 30.1 Å². The Morgan fingerprint density at radius 3 is 1.67 bits per heavy atom. The molecule has 0 rings (SSSR count). The Labute approximate surface area is 117 Å². The van der Waals surface area contributed by atoms with Gasteiger partial charge in [0.2, 0.25) is 0 Å². The Morgan fingerprint density at radius 2 is 1.17 bits per heavy atom. The normalized spacial score (nSPS) is 12.7. The standard InChI is InChI=1S/C18H38/c1-16(2)13-11-9-7-8-10-12-14-18(5,6)15-17(3)4/h16-17H,7-15H2,1-6H3. The summed E-state index contributed by atoms with van der Waals surface area (Å²) in [4.78, 5) is 0. The maximum Gasteiger partial charge on any atom is -0.0352 e. The lowest BCUT2D eigenvalue weighted by molar-refractivity contribution is 0.256. The Kier molecular flexibility index (Phi) is 9.87. The van der Waals surface area contributed by atoms with Crippen LogP contribution in [-0.2, 0) is 0 Å². The predicted octanol–water partition coefficient (Wildman–Crippen LogP) is 6.84. The van der Waals surface area contributed by atoms with Crippen molar-refractivity contribution in [3.05, 3.63) is 0 Å². The van der Waals surface area contributed by atoms with E-state index in [0.29, 0.717) is 5.41 Å². The summed E-state index contributed by atoms with van der Waals surface area (Å²) in [5.74, 6) is 1.73. The molecule has 0 unspecified atom stereocenters. The number of hydrogen-bond acceptors (Lipinski definition) is 0. The highest BCUT2D eigenvalue weighted by molar-refractivity contribution is 4.70. The van der Waals surface area contributed by atoms with E-state index in [-0.39, 0.29) is 0 Å². The van der Waals surface area contributed by atoms with Gasteiger partial charge in [0.25, 0.3) is 0 Å². The molecule has 0 aliphatic rings. The summed E-state index contributed by atoms with van der Waals surface area (Å²) in [6, 6.07) is 0. The first kappa shape index (κ1) is 18.0. The quantitative estimate of drug-likeness (QED) is 0.354. The fraction of sp³-hybridized carbons (Fsp3) is 1.00. The predicted molar refractivity (Wildman–Crippen MR) is 85.0 cm³/mol. The first-order chi connectivity index (χ1) is 8.33. The van der Waals surface area contributed by atoms with E-state index in [1.165, 1.54) is 57.8 Å². The highest BCUT2D eigenvalue weighted by Gasteiger charge is 2.18. The lowest BCUT2D eigenvalue weighted by Crippen LogP contribution is -2.14. The molecule has 0 heterocycles. The highest BCUT2D eigenvalue weighted by atomic mass is 14.2. The van der Waals surface area contributed by atoms with Crippen molar-refractivity contribution in [2.24, 2.45) is 17.3 Å². The van der Waals surface area contributed by atoms with Gasteiger partial charge in [0.05, 0.1) is 0 Å². The molecule has 0 aromatic rings. The molecule has 0 saturated carbocycles. The summed E-state index contributed by atoms with van der Waals surface area (Å²) in [5, 5.41) is 0. The zero-order valence-electron chi connectivity index (χ0n) is 14.0. The zero-order valence-corrected chi connectivity index (χ0v) is 14.0. The molecule has 0 aromatic heterocycles. The van der Waals surface area contributed by atoms with E-state index >= 15 is 0 Å². The molecule has 0 amide bonds. The first-order valence-electron chi connectivity index (χ1n) is 8.33. The molecule has 0 aliphatic heterocycles. The Morgan fingerprint density at radius 1 is 0.667 bits per heavy atom. The fourth-order valence-electron chi connectivity index (χ4n) is 3.07. The second kappa shape index (κ2) is 9.87. The summed E-state index contributed by atoms with van der Waals surface area (Å²) in [6.45, 7) is 14.2. The van der Waals surface area contributed by atoms with E-state index in [0.717, 1.165) is 11.8 Å². The molecule has 18 heavy (non-hydrogen) atoms. The van der Waals surface area contributed by atoms with Crippen LogP contribution in [0.5, 0.6) is 0 Å². The molecule has 0 fully saturated rings. The molecular formula is C18H38. The van der Waals surface area contributed by atoms with Crippen molar-refractivity contribution in [2.75, 3.05) is 0 Å². The fourth-order valence-corrected chi connectivity index (χ4v) is 3.07. The lowest BCUT2D eigenvalue weighted by atomic mass is 9.79. The van der Waals surface area contributed by atoms with Crippen LogP contribution in [-0.4, -0.2) is 0 Å². The Hall–Kier alpha value is 0. The van der Waals surface area contributed by atoms with Crippen molar-refractivity contribution in [1.29, 1.82) is 0 Å². The number of unbranched alkanes of at least 4 members (excludes halogenated alkanes) is 5. The second-order valence-corrected chi connectivity index (χ2v) is 7.82. The van der Waals surface area contributed by atoms with Crippen LogP contribution in [0.1, 0.15) is 99.3 Å². The van der Waals surface area contributed by atoms with Crippen LogP contribution in [0.3, 0.4) is 0 Å². The minimum Gasteiger partial charge on any atom is -0.0628 e. The molecule has 0 aliphatic carbocycles. The molecular weight excluding hydrogens is 216 g/mol. The third-order valence-electron chi connectivity index (χ3n) is 3.85.